The second kappa shape index (κ2) is 5.58. The van der Waals surface area contributed by atoms with Gasteiger partial charge in [0.1, 0.15) is 0 Å². The number of nitriles is 1. The number of rotatable bonds is 3. The first-order chi connectivity index (χ1) is 9.55. The van der Waals surface area contributed by atoms with Gasteiger partial charge in [-0.05, 0) is 30.5 Å². The third-order valence-electron chi connectivity index (χ3n) is 3.45. The molecular formula is C17H16N2O. The van der Waals surface area contributed by atoms with Gasteiger partial charge in [0.15, 0.2) is 6.19 Å². The Kier molecular flexibility index (Phi) is 3.86. The standard InChI is InChI=1S/C17H16N2O/c1-17(2,16(20)19-12-18)15-10-8-14(9-11-15)13-6-4-3-5-7-13/h3-11H,1-2H3,(H,19,20). The molecule has 0 fully saturated rings. The predicted octanol–water partition coefficient (Wildman–Crippen LogP) is 3.23. The molecule has 0 heterocycles. The van der Waals surface area contributed by atoms with Crippen LogP contribution in [0.15, 0.2) is 54.6 Å². The Morgan fingerprint density at radius 3 is 2.10 bits per heavy atom. The largest absolute Gasteiger partial charge is 0.273 e. The van der Waals surface area contributed by atoms with E-state index in [9.17, 15) is 4.79 Å². The van der Waals surface area contributed by atoms with Crippen LogP contribution in [-0.4, -0.2) is 5.91 Å². The molecule has 100 valence electrons. The number of nitrogens with zero attached hydrogens (tertiary/aromatic N) is 1. The van der Waals surface area contributed by atoms with E-state index in [1.54, 1.807) is 20.0 Å². The highest BCUT2D eigenvalue weighted by Crippen LogP contribution is 2.26. The fourth-order valence-electron chi connectivity index (χ4n) is 2.05. The molecule has 0 aliphatic heterocycles. The van der Waals surface area contributed by atoms with Crippen LogP contribution in [0.1, 0.15) is 19.4 Å². The molecule has 20 heavy (non-hydrogen) atoms. The molecule has 2 aromatic rings. The molecule has 1 N–H and O–H groups in total. The minimum absolute atomic E-state index is 0.299. The van der Waals surface area contributed by atoms with Crippen molar-refractivity contribution < 1.29 is 4.79 Å². The molecule has 0 unspecified atom stereocenters. The van der Waals surface area contributed by atoms with Crippen LogP contribution in [0.25, 0.3) is 11.1 Å². The summed E-state index contributed by atoms with van der Waals surface area (Å²) in [6, 6.07) is 17.9. The first-order valence-corrected chi connectivity index (χ1v) is 6.41. The van der Waals surface area contributed by atoms with E-state index in [0.717, 1.165) is 16.7 Å². The quantitative estimate of drug-likeness (QED) is 0.683. The van der Waals surface area contributed by atoms with Crippen LogP contribution in [0, 0.1) is 11.5 Å². The molecule has 0 aliphatic carbocycles. The van der Waals surface area contributed by atoms with Crippen molar-refractivity contribution >= 4 is 5.91 Å². The lowest BCUT2D eigenvalue weighted by atomic mass is 9.83. The first kappa shape index (κ1) is 13.8. The minimum atomic E-state index is -0.731. The Morgan fingerprint density at radius 1 is 1.00 bits per heavy atom. The van der Waals surface area contributed by atoms with Crippen molar-refractivity contribution in [3.05, 3.63) is 60.2 Å². The van der Waals surface area contributed by atoms with E-state index in [2.05, 4.69) is 5.32 Å². The van der Waals surface area contributed by atoms with E-state index in [-0.39, 0.29) is 5.91 Å². The zero-order valence-corrected chi connectivity index (χ0v) is 11.6. The van der Waals surface area contributed by atoms with Gasteiger partial charge in [0.25, 0.3) is 0 Å². The van der Waals surface area contributed by atoms with Gasteiger partial charge >= 0.3 is 0 Å². The van der Waals surface area contributed by atoms with Crippen LogP contribution in [0.5, 0.6) is 0 Å². The second-order valence-corrected chi connectivity index (χ2v) is 5.13. The van der Waals surface area contributed by atoms with Crippen LogP contribution in [-0.2, 0) is 10.2 Å². The molecule has 0 aliphatic rings. The van der Waals surface area contributed by atoms with Gasteiger partial charge in [-0.3, -0.25) is 10.1 Å². The smallest absolute Gasteiger partial charge is 0.243 e. The molecule has 0 radical (unpaired) electrons. The SMILES string of the molecule is CC(C)(C(=O)NC#N)c1ccc(-c2ccccc2)cc1. The van der Waals surface area contributed by atoms with Crippen molar-refractivity contribution in [1.29, 1.82) is 5.26 Å². The van der Waals surface area contributed by atoms with Gasteiger partial charge in [-0.2, -0.15) is 5.26 Å². The summed E-state index contributed by atoms with van der Waals surface area (Å²) in [7, 11) is 0. The zero-order valence-electron chi connectivity index (χ0n) is 11.6. The molecule has 0 saturated carbocycles. The summed E-state index contributed by atoms with van der Waals surface area (Å²) in [5, 5.41) is 10.8. The molecular weight excluding hydrogens is 248 g/mol. The van der Waals surface area contributed by atoms with Crippen LogP contribution in [0.4, 0.5) is 0 Å². The third-order valence-corrected chi connectivity index (χ3v) is 3.45. The first-order valence-electron chi connectivity index (χ1n) is 6.41. The molecule has 0 saturated heterocycles. The Labute approximate surface area is 118 Å². The van der Waals surface area contributed by atoms with Crippen molar-refractivity contribution in [2.24, 2.45) is 0 Å². The lowest BCUT2D eigenvalue weighted by Crippen LogP contribution is -2.37. The topological polar surface area (TPSA) is 52.9 Å². The summed E-state index contributed by atoms with van der Waals surface area (Å²) in [5.41, 5.74) is 2.39. The normalized spacial score (nSPS) is 10.7. The Balaban J connectivity index is 2.29. The zero-order chi connectivity index (χ0) is 14.6. The fraction of sp³-hybridized carbons (Fsp3) is 0.176. The van der Waals surface area contributed by atoms with Gasteiger partial charge in [0.05, 0.1) is 5.41 Å². The monoisotopic (exact) mass is 264 g/mol. The summed E-state index contributed by atoms with van der Waals surface area (Å²) < 4.78 is 0. The lowest BCUT2D eigenvalue weighted by molar-refractivity contribution is -0.124. The maximum Gasteiger partial charge on any atom is 0.243 e. The number of hydrogen-bond donors (Lipinski definition) is 1. The van der Waals surface area contributed by atoms with E-state index in [4.69, 9.17) is 5.26 Å². The van der Waals surface area contributed by atoms with Gasteiger partial charge in [-0.25, -0.2) is 0 Å². The van der Waals surface area contributed by atoms with Gasteiger partial charge in [-0.1, -0.05) is 54.6 Å². The molecule has 0 spiro atoms. The fourth-order valence-corrected chi connectivity index (χ4v) is 2.05. The maximum absolute atomic E-state index is 11.9. The average molecular weight is 264 g/mol. The Bertz CT molecular complexity index is 637. The van der Waals surface area contributed by atoms with E-state index in [1.165, 1.54) is 0 Å². The number of nitrogens with one attached hydrogen (secondary N) is 1. The Morgan fingerprint density at radius 2 is 1.55 bits per heavy atom. The number of carbonyl (C=O) groups is 1. The second-order valence-electron chi connectivity index (χ2n) is 5.13. The van der Waals surface area contributed by atoms with Gasteiger partial charge in [-0.15, -0.1) is 0 Å². The number of carbonyl (C=O) groups excluding carboxylic acids is 1. The summed E-state index contributed by atoms with van der Waals surface area (Å²) in [4.78, 5) is 11.9. The van der Waals surface area contributed by atoms with Crippen molar-refractivity contribution in [1.82, 2.24) is 5.32 Å². The number of hydrogen-bond acceptors (Lipinski definition) is 2. The molecule has 2 aromatic carbocycles. The molecule has 0 aromatic heterocycles. The molecule has 1 amide bonds. The van der Waals surface area contributed by atoms with Gasteiger partial charge in [0.2, 0.25) is 5.91 Å². The van der Waals surface area contributed by atoms with Crippen molar-refractivity contribution in [3.8, 4) is 17.3 Å². The summed E-state index contributed by atoms with van der Waals surface area (Å²) in [5.74, 6) is -0.299. The molecule has 2 rings (SSSR count). The molecule has 3 heteroatoms. The highest BCUT2D eigenvalue weighted by atomic mass is 16.2. The van der Waals surface area contributed by atoms with Crippen molar-refractivity contribution in [3.63, 3.8) is 0 Å². The number of benzene rings is 2. The third kappa shape index (κ3) is 2.70. The molecule has 0 atom stereocenters. The molecule has 0 bridgehead atoms. The average Bonchev–Trinajstić information content (AvgIpc) is 2.48. The van der Waals surface area contributed by atoms with Crippen LogP contribution >= 0.6 is 0 Å². The van der Waals surface area contributed by atoms with Crippen LogP contribution in [0.3, 0.4) is 0 Å². The van der Waals surface area contributed by atoms with E-state index >= 15 is 0 Å². The van der Waals surface area contributed by atoms with Crippen molar-refractivity contribution in [2.75, 3.05) is 0 Å². The van der Waals surface area contributed by atoms with E-state index < -0.39 is 5.41 Å². The van der Waals surface area contributed by atoms with E-state index in [1.807, 2.05) is 54.6 Å². The predicted molar refractivity (Wildman–Crippen MR) is 78.7 cm³/mol. The summed E-state index contributed by atoms with van der Waals surface area (Å²) in [6.07, 6.45) is 1.68. The van der Waals surface area contributed by atoms with Crippen LogP contribution in [0.2, 0.25) is 0 Å². The highest BCUT2D eigenvalue weighted by Gasteiger charge is 2.29. The van der Waals surface area contributed by atoms with Crippen LogP contribution < -0.4 is 5.32 Å². The molecule has 3 nitrogen and oxygen atoms in total. The number of amides is 1. The Hall–Kier alpha value is -2.60. The van der Waals surface area contributed by atoms with Gasteiger partial charge < -0.3 is 0 Å². The van der Waals surface area contributed by atoms with Gasteiger partial charge in [0, 0.05) is 0 Å². The summed E-state index contributed by atoms with van der Waals surface area (Å²) in [6.45, 7) is 3.61. The lowest BCUT2D eigenvalue weighted by Gasteiger charge is -2.22. The summed E-state index contributed by atoms with van der Waals surface area (Å²) >= 11 is 0. The van der Waals surface area contributed by atoms with Crippen molar-refractivity contribution in [2.45, 2.75) is 19.3 Å². The maximum atomic E-state index is 11.9. The van der Waals surface area contributed by atoms with E-state index in [0.29, 0.717) is 0 Å². The minimum Gasteiger partial charge on any atom is -0.273 e. The highest BCUT2D eigenvalue weighted by molar-refractivity contribution is 5.88.